The van der Waals surface area contributed by atoms with Crippen molar-refractivity contribution in [2.24, 2.45) is 0 Å². The van der Waals surface area contributed by atoms with Gasteiger partial charge in [0.2, 0.25) is 5.91 Å². The van der Waals surface area contributed by atoms with Crippen molar-refractivity contribution in [1.29, 1.82) is 5.26 Å². The first kappa shape index (κ1) is 13.7. The highest BCUT2D eigenvalue weighted by molar-refractivity contribution is 6.32. The number of nitriles is 1. The highest BCUT2D eigenvalue weighted by Gasteiger charge is 2.22. The molecule has 1 aromatic rings. The maximum atomic E-state index is 11.4. The van der Waals surface area contributed by atoms with Gasteiger partial charge in [0.25, 0.3) is 0 Å². The highest BCUT2D eigenvalue weighted by atomic mass is 35.5. The van der Waals surface area contributed by atoms with Crippen molar-refractivity contribution in [3.05, 3.63) is 28.8 Å². The van der Waals surface area contributed by atoms with Crippen LogP contribution >= 0.6 is 11.6 Å². The van der Waals surface area contributed by atoms with Crippen molar-refractivity contribution in [2.75, 3.05) is 11.9 Å². The Labute approximate surface area is 117 Å². The molecule has 19 heavy (non-hydrogen) atoms. The molecule has 1 aliphatic rings. The molecule has 1 amide bonds. The Morgan fingerprint density at radius 1 is 1.47 bits per heavy atom. The minimum absolute atomic E-state index is 0.127. The molecular formula is C14H16ClN3O. The predicted octanol–water partition coefficient (Wildman–Crippen LogP) is 2.68. The highest BCUT2D eigenvalue weighted by Crippen LogP contribution is 2.20. The molecule has 2 rings (SSSR count). The van der Waals surface area contributed by atoms with Crippen LogP contribution in [0.2, 0.25) is 5.02 Å². The van der Waals surface area contributed by atoms with Gasteiger partial charge in [0.05, 0.1) is 10.6 Å². The van der Waals surface area contributed by atoms with Gasteiger partial charge in [-0.25, -0.2) is 0 Å². The number of carbonyl (C=O) groups excluding carboxylic acids is 1. The van der Waals surface area contributed by atoms with Crippen LogP contribution in [0.15, 0.2) is 18.2 Å². The maximum absolute atomic E-state index is 11.4. The standard InChI is InChI=1S/C14H16ClN3O/c15-13-8-12(4-3-10(13)9-16)17-7-1-2-14(19)18-11-5-6-11/h3-4,8,11,17H,1-2,5-7H2,(H,18,19). The summed E-state index contributed by atoms with van der Waals surface area (Å²) in [6, 6.07) is 7.67. The van der Waals surface area contributed by atoms with E-state index in [1.807, 2.05) is 12.1 Å². The molecular weight excluding hydrogens is 262 g/mol. The second kappa shape index (κ2) is 6.44. The number of amides is 1. The van der Waals surface area contributed by atoms with Crippen LogP contribution in [-0.4, -0.2) is 18.5 Å². The van der Waals surface area contributed by atoms with Crippen LogP contribution < -0.4 is 10.6 Å². The molecule has 0 saturated heterocycles. The molecule has 0 aliphatic heterocycles. The molecule has 1 fully saturated rings. The first-order valence-corrected chi connectivity index (χ1v) is 6.79. The number of carbonyl (C=O) groups is 1. The minimum Gasteiger partial charge on any atom is -0.385 e. The van der Waals surface area contributed by atoms with E-state index in [1.54, 1.807) is 12.1 Å². The Bertz CT molecular complexity index is 506. The normalized spacial score (nSPS) is 13.7. The number of halogens is 1. The molecule has 0 spiro atoms. The van der Waals surface area contributed by atoms with E-state index in [9.17, 15) is 4.79 Å². The Hall–Kier alpha value is -1.73. The summed E-state index contributed by atoms with van der Waals surface area (Å²) in [5, 5.41) is 15.3. The van der Waals surface area contributed by atoms with E-state index < -0.39 is 0 Å². The lowest BCUT2D eigenvalue weighted by molar-refractivity contribution is -0.121. The lowest BCUT2D eigenvalue weighted by Gasteiger charge is -2.07. The monoisotopic (exact) mass is 277 g/mol. The fourth-order valence-corrected chi connectivity index (χ4v) is 1.95. The third kappa shape index (κ3) is 4.46. The molecule has 100 valence electrons. The fraction of sp³-hybridized carbons (Fsp3) is 0.429. The summed E-state index contributed by atoms with van der Waals surface area (Å²) in [4.78, 5) is 11.4. The van der Waals surface area contributed by atoms with Gasteiger partial charge in [-0.1, -0.05) is 11.6 Å². The lowest BCUT2D eigenvalue weighted by Crippen LogP contribution is -2.25. The number of nitrogens with one attached hydrogen (secondary N) is 2. The third-order valence-corrected chi connectivity index (χ3v) is 3.25. The number of hydrogen-bond donors (Lipinski definition) is 2. The summed E-state index contributed by atoms with van der Waals surface area (Å²) in [6.07, 6.45) is 3.55. The Morgan fingerprint density at radius 2 is 2.26 bits per heavy atom. The lowest BCUT2D eigenvalue weighted by atomic mass is 10.2. The summed E-state index contributed by atoms with van der Waals surface area (Å²) in [6.45, 7) is 0.709. The van der Waals surface area contributed by atoms with Gasteiger partial charge in [-0.3, -0.25) is 4.79 Å². The van der Waals surface area contributed by atoms with Crippen LogP contribution in [0.4, 0.5) is 5.69 Å². The fourth-order valence-electron chi connectivity index (χ4n) is 1.72. The van der Waals surface area contributed by atoms with E-state index in [2.05, 4.69) is 10.6 Å². The molecule has 0 atom stereocenters. The minimum atomic E-state index is 0.127. The van der Waals surface area contributed by atoms with Crippen molar-refractivity contribution in [3.63, 3.8) is 0 Å². The maximum Gasteiger partial charge on any atom is 0.220 e. The van der Waals surface area contributed by atoms with Gasteiger partial charge in [0, 0.05) is 24.7 Å². The Morgan fingerprint density at radius 3 is 2.89 bits per heavy atom. The molecule has 2 N–H and O–H groups in total. The molecule has 1 aliphatic carbocycles. The van der Waals surface area contributed by atoms with Gasteiger partial charge in [0.1, 0.15) is 6.07 Å². The quantitative estimate of drug-likeness (QED) is 0.786. The van der Waals surface area contributed by atoms with Crippen molar-refractivity contribution in [3.8, 4) is 6.07 Å². The molecule has 1 saturated carbocycles. The van der Waals surface area contributed by atoms with E-state index in [4.69, 9.17) is 16.9 Å². The van der Waals surface area contributed by atoms with Gasteiger partial charge >= 0.3 is 0 Å². The second-order valence-electron chi connectivity index (χ2n) is 4.68. The summed E-state index contributed by atoms with van der Waals surface area (Å²) < 4.78 is 0. The topological polar surface area (TPSA) is 64.9 Å². The van der Waals surface area contributed by atoms with Crippen molar-refractivity contribution >= 4 is 23.2 Å². The van der Waals surface area contributed by atoms with Gasteiger partial charge < -0.3 is 10.6 Å². The van der Waals surface area contributed by atoms with E-state index in [1.165, 1.54) is 0 Å². The zero-order chi connectivity index (χ0) is 13.7. The van der Waals surface area contributed by atoms with Crippen molar-refractivity contribution < 1.29 is 4.79 Å². The predicted molar refractivity (Wildman–Crippen MR) is 75.1 cm³/mol. The average molecular weight is 278 g/mol. The first-order chi connectivity index (χ1) is 9.19. The molecule has 5 heteroatoms. The average Bonchev–Trinajstić information content (AvgIpc) is 3.19. The molecule has 0 heterocycles. The number of anilines is 1. The summed E-state index contributed by atoms with van der Waals surface area (Å²) in [7, 11) is 0. The molecule has 4 nitrogen and oxygen atoms in total. The molecule has 1 aromatic carbocycles. The zero-order valence-electron chi connectivity index (χ0n) is 10.6. The van der Waals surface area contributed by atoms with Crippen LogP contribution in [0.3, 0.4) is 0 Å². The van der Waals surface area contributed by atoms with Crippen LogP contribution in [0, 0.1) is 11.3 Å². The van der Waals surface area contributed by atoms with Crippen molar-refractivity contribution in [2.45, 2.75) is 31.7 Å². The Kier molecular flexibility index (Phi) is 4.64. The van der Waals surface area contributed by atoms with Gasteiger partial charge in [0.15, 0.2) is 0 Å². The number of benzene rings is 1. The van der Waals surface area contributed by atoms with Gasteiger partial charge in [-0.05, 0) is 37.5 Å². The van der Waals surface area contributed by atoms with E-state index >= 15 is 0 Å². The van der Waals surface area contributed by atoms with Crippen LogP contribution in [0.25, 0.3) is 0 Å². The van der Waals surface area contributed by atoms with Crippen LogP contribution in [0.1, 0.15) is 31.2 Å². The molecule has 0 bridgehead atoms. The smallest absolute Gasteiger partial charge is 0.220 e. The molecule has 0 radical (unpaired) electrons. The summed E-state index contributed by atoms with van der Waals surface area (Å²) in [5.74, 6) is 0.127. The van der Waals surface area contributed by atoms with E-state index in [0.29, 0.717) is 29.6 Å². The summed E-state index contributed by atoms with van der Waals surface area (Å²) >= 11 is 5.93. The van der Waals surface area contributed by atoms with E-state index in [-0.39, 0.29) is 5.91 Å². The first-order valence-electron chi connectivity index (χ1n) is 6.42. The Balaban J connectivity index is 1.69. The third-order valence-electron chi connectivity index (χ3n) is 2.94. The second-order valence-corrected chi connectivity index (χ2v) is 5.09. The SMILES string of the molecule is N#Cc1ccc(NCCCC(=O)NC2CC2)cc1Cl. The van der Waals surface area contributed by atoms with Crippen LogP contribution in [-0.2, 0) is 4.79 Å². The van der Waals surface area contributed by atoms with Crippen molar-refractivity contribution in [1.82, 2.24) is 5.32 Å². The number of hydrogen-bond acceptors (Lipinski definition) is 3. The number of rotatable bonds is 6. The molecule has 0 aromatic heterocycles. The summed E-state index contributed by atoms with van der Waals surface area (Å²) in [5.41, 5.74) is 1.34. The van der Waals surface area contributed by atoms with Gasteiger partial charge in [-0.2, -0.15) is 5.26 Å². The van der Waals surface area contributed by atoms with E-state index in [0.717, 1.165) is 24.9 Å². The number of nitrogens with zero attached hydrogens (tertiary/aromatic N) is 1. The largest absolute Gasteiger partial charge is 0.385 e. The van der Waals surface area contributed by atoms with Crippen LogP contribution in [0.5, 0.6) is 0 Å². The van der Waals surface area contributed by atoms with Gasteiger partial charge in [-0.15, -0.1) is 0 Å². The molecule has 0 unspecified atom stereocenters. The zero-order valence-corrected chi connectivity index (χ0v) is 11.3.